The van der Waals surface area contributed by atoms with Gasteiger partial charge in [0, 0.05) is 37.6 Å². The van der Waals surface area contributed by atoms with Gasteiger partial charge in [0.25, 0.3) is 0 Å². The fourth-order valence-corrected chi connectivity index (χ4v) is 3.18. The Balaban J connectivity index is 1.79. The first kappa shape index (κ1) is 18.7. The first-order chi connectivity index (χ1) is 11.6. The van der Waals surface area contributed by atoms with E-state index in [2.05, 4.69) is 41.3 Å². The fourth-order valence-electron chi connectivity index (χ4n) is 3.18. The van der Waals surface area contributed by atoms with Crippen molar-refractivity contribution < 1.29 is 9.53 Å². The zero-order chi connectivity index (χ0) is 17.4. The molecule has 0 unspecified atom stereocenters. The van der Waals surface area contributed by atoms with Crippen LogP contribution < -0.4 is 10.2 Å². The number of nitrogens with zero attached hydrogens (tertiary/aromatic N) is 2. The second kappa shape index (κ2) is 9.64. The molecule has 1 aromatic rings. The molecule has 1 saturated heterocycles. The molecule has 1 aliphatic rings. The lowest BCUT2D eigenvalue weighted by atomic mass is 9.96. The number of amides is 1. The van der Waals surface area contributed by atoms with Crippen LogP contribution in [-0.2, 0) is 9.53 Å². The van der Waals surface area contributed by atoms with Gasteiger partial charge in [-0.05, 0) is 64.0 Å². The molecule has 0 aliphatic carbocycles. The number of ether oxygens (including phenoxy) is 1. The highest BCUT2D eigenvalue weighted by molar-refractivity contribution is 5.90. The standard InChI is InChI=1S/C19H31N3O2/c1-4-24-14-11-19(23)20-17-5-7-18(8-6-17)22-12-9-16(10-13-22)15-21(2)3/h5-8,16H,4,9-15H2,1-3H3,(H,20,23). The third-order valence-electron chi connectivity index (χ3n) is 4.43. The third-order valence-corrected chi connectivity index (χ3v) is 4.43. The van der Waals surface area contributed by atoms with Gasteiger partial charge in [0.15, 0.2) is 0 Å². The molecule has 5 heteroatoms. The number of hydrogen-bond acceptors (Lipinski definition) is 4. The van der Waals surface area contributed by atoms with Crippen molar-refractivity contribution in [2.45, 2.75) is 26.2 Å². The van der Waals surface area contributed by atoms with Gasteiger partial charge in [-0.25, -0.2) is 0 Å². The van der Waals surface area contributed by atoms with Crippen molar-refractivity contribution in [1.29, 1.82) is 0 Å². The SMILES string of the molecule is CCOCCC(=O)Nc1ccc(N2CCC(CN(C)C)CC2)cc1. The topological polar surface area (TPSA) is 44.8 Å². The molecule has 2 rings (SSSR count). The van der Waals surface area contributed by atoms with Gasteiger partial charge in [-0.15, -0.1) is 0 Å². The molecule has 134 valence electrons. The molecule has 0 radical (unpaired) electrons. The van der Waals surface area contributed by atoms with Crippen molar-refractivity contribution in [3.8, 4) is 0 Å². The second-order valence-electron chi connectivity index (χ2n) is 6.73. The summed E-state index contributed by atoms with van der Waals surface area (Å²) in [6.45, 7) is 6.45. The summed E-state index contributed by atoms with van der Waals surface area (Å²) in [7, 11) is 4.29. The zero-order valence-electron chi connectivity index (χ0n) is 15.3. The van der Waals surface area contributed by atoms with Crippen LogP contribution in [0.3, 0.4) is 0 Å². The van der Waals surface area contributed by atoms with Crippen LogP contribution in [0.15, 0.2) is 24.3 Å². The molecule has 0 atom stereocenters. The summed E-state index contributed by atoms with van der Waals surface area (Å²) in [6.07, 6.45) is 2.89. The average molecular weight is 333 g/mol. The van der Waals surface area contributed by atoms with Gasteiger partial charge < -0.3 is 19.9 Å². The van der Waals surface area contributed by atoms with E-state index in [1.807, 2.05) is 19.1 Å². The molecule has 0 spiro atoms. The predicted octanol–water partition coefficient (Wildman–Crippen LogP) is 2.83. The normalized spacial score (nSPS) is 15.8. The second-order valence-corrected chi connectivity index (χ2v) is 6.73. The Bertz CT molecular complexity index is 494. The minimum Gasteiger partial charge on any atom is -0.381 e. The van der Waals surface area contributed by atoms with Gasteiger partial charge >= 0.3 is 0 Å². The van der Waals surface area contributed by atoms with Crippen LogP contribution in [-0.4, -0.2) is 57.8 Å². The Morgan fingerprint density at radius 2 is 1.92 bits per heavy atom. The van der Waals surface area contributed by atoms with Crippen LogP contribution in [0.1, 0.15) is 26.2 Å². The van der Waals surface area contributed by atoms with E-state index in [1.54, 1.807) is 0 Å². The number of anilines is 2. The summed E-state index contributed by atoms with van der Waals surface area (Å²) in [5, 5.41) is 2.92. The molecule has 1 amide bonds. The molecule has 24 heavy (non-hydrogen) atoms. The monoisotopic (exact) mass is 333 g/mol. The van der Waals surface area contributed by atoms with Gasteiger partial charge in [-0.2, -0.15) is 0 Å². The Hall–Kier alpha value is -1.59. The number of rotatable bonds is 8. The molecule has 0 bridgehead atoms. The average Bonchev–Trinajstić information content (AvgIpc) is 2.56. The van der Waals surface area contributed by atoms with Crippen LogP contribution in [0.2, 0.25) is 0 Å². The van der Waals surface area contributed by atoms with Crippen LogP contribution in [0.25, 0.3) is 0 Å². The maximum Gasteiger partial charge on any atom is 0.226 e. The van der Waals surface area contributed by atoms with Crippen molar-refractivity contribution in [3.63, 3.8) is 0 Å². The van der Waals surface area contributed by atoms with Crippen molar-refractivity contribution in [2.24, 2.45) is 5.92 Å². The van der Waals surface area contributed by atoms with Crippen molar-refractivity contribution in [3.05, 3.63) is 24.3 Å². The van der Waals surface area contributed by atoms with Crippen LogP contribution >= 0.6 is 0 Å². The lowest BCUT2D eigenvalue weighted by Crippen LogP contribution is -2.37. The first-order valence-corrected chi connectivity index (χ1v) is 8.95. The molecule has 1 fully saturated rings. The van der Waals surface area contributed by atoms with E-state index in [9.17, 15) is 4.79 Å². The number of hydrogen-bond donors (Lipinski definition) is 1. The van der Waals surface area contributed by atoms with E-state index in [0.717, 1.165) is 24.7 Å². The zero-order valence-corrected chi connectivity index (χ0v) is 15.3. The van der Waals surface area contributed by atoms with Gasteiger partial charge in [-0.1, -0.05) is 0 Å². The maximum atomic E-state index is 11.8. The van der Waals surface area contributed by atoms with E-state index in [1.165, 1.54) is 25.1 Å². The van der Waals surface area contributed by atoms with Gasteiger partial charge in [0.2, 0.25) is 5.91 Å². The quantitative estimate of drug-likeness (QED) is 0.743. The molecule has 0 saturated carbocycles. The lowest BCUT2D eigenvalue weighted by Gasteiger charge is -2.34. The number of carbonyl (C=O) groups is 1. The predicted molar refractivity (Wildman–Crippen MR) is 99.7 cm³/mol. The van der Waals surface area contributed by atoms with Crippen LogP contribution in [0.4, 0.5) is 11.4 Å². The molecule has 1 aliphatic heterocycles. The highest BCUT2D eigenvalue weighted by atomic mass is 16.5. The summed E-state index contributed by atoms with van der Waals surface area (Å²) >= 11 is 0. The molecular formula is C19H31N3O2. The molecule has 0 aromatic heterocycles. The molecule has 1 N–H and O–H groups in total. The van der Waals surface area contributed by atoms with Crippen LogP contribution in [0, 0.1) is 5.92 Å². The van der Waals surface area contributed by atoms with E-state index >= 15 is 0 Å². The third kappa shape index (κ3) is 6.13. The fraction of sp³-hybridized carbons (Fsp3) is 0.632. The van der Waals surface area contributed by atoms with E-state index in [4.69, 9.17) is 4.74 Å². The van der Waals surface area contributed by atoms with E-state index in [0.29, 0.717) is 19.6 Å². The highest BCUT2D eigenvalue weighted by Gasteiger charge is 2.19. The van der Waals surface area contributed by atoms with Crippen molar-refractivity contribution >= 4 is 17.3 Å². The summed E-state index contributed by atoms with van der Waals surface area (Å²) in [5.41, 5.74) is 2.09. The Labute approximate surface area is 146 Å². The molecule has 1 heterocycles. The molecule has 5 nitrogen and oxygen atoms in total. The Kier molecular flexibility index (Phi) is 7.53. The minimum atomic E-state index is 0.000648. The summed E-state index contributed by atoms with van der Waals surface area (Å²) in [5.74, 6) is 0.806. The van der Waals surface area contributed by atoms with Gasteiger partial charge in [-0.3, -0.25) is 4.79 Å². The Morgan fingerprint density at radius 1 is 1.25 bits per heavy atom. The maximum absolute atomic E-state index is 11.8. The summed E-state index contributed by atoms with van der Waals surface area (Å²) in [4.78, 5) is 16.5. The number of nitrogens with one attached hydrogen (secondary N) is 1. The van der Waals surface area contributed by atoms with Crippen molar-refractivity contribution in [1.82, 2.24) is 4.90 Å². The van der Waals surface area contributed by atoms with Gasteiger partial charge in [0.05, 0.1) is 13.0 Å². The largest absolute Gasteiger partial charge is 0.381 e. The number of piperidine rings is 1. The Morgan fingerprint density at radius 3 is 2.50 bits per heavy atom. The minimum absolute atomic E-state index is 0.000648. The van der Waals surface area contributed by atoms with Gasteiger partial charge in [0.1, 0.15) is 0 Å². The van der Waals surface area contributed by atoms with Crippen molar-refractivity contribution in [2.75, 3.05) is 57.2 Å². The summed E-state index contributed by atoms with van der Waals surface area (Å²) < 4.78 is 5.20. The smallest absolute Gasteiger partial charge is 0.226 e. The highest BCUT2D eigenvalue weighted by Crippen LogP contribution is 2.25. The van der Waals surface area contributed by atoms with E-state index < -0.39 is 0 Å². The van der Waals surface area contributed by atoms with Crippen LogP contribution in [0.5, 0.6) is 0 Å². The summed E-state index contributed by atoms with van der Waals surface area (Å²) in [6, 6.07) is 8.18. The molecule has 1 aromatic carbocycles. The van der Waals surface area contributed by atoms with E-state index in [-0.39, 0.29) is 5.91 Å². The number of carbonyl (C=O) groups excluding carboxylic acids is 1. The molecular weight excluding hydrogens is 302 g/mol. The number of benzene rings is 1. The lowest BCUT2D eigenvalue weighted by molar-refractivity contribution is -0.117. The first-order valence-electron chi connectivity index (χ1n) is 8.95.